The Morgan fingerprint density at radius 3 is 2.59 bits per heavy atom. The third-order valence-electron chi connectivity index (χ3n) is 3.07. The number of ether oxygens (including phenoxy) is 1. The van der Waals surface area contributed by atoms with Gasteiger partial charge in [-0.15, -0.1) is 0 Å². The molecule has 94 valence electrons. The predicted molar refractivity (Wildman–Crippen MR) is 61.5 cm³/mol. The summed E-state index contributed by atoms with van der Waals surface area (Å²) >= 11 is 0. The van der Waals surface area contributed by atoms with Crippen molar-refractivity contribution in [2.45, 2.75) is 38.5 Å². The fourth-order valence-corrected chi connectivity index (χ4v) is 1.92. The molecule has 2 nitrogen and oxygen atoms in total. The summed E-state index contributed by atoms with van der Waals surface area (Å²) < 4.78 is 30.6. The van der Waals surface area contributed by atoms with Gasteiger partial charge in [0.1, 0.15) is 0 Å². The number of hydrogen-bond acceptors (Lipinski definition) is 2. The largest absolute Gasteiger partial charge is 0.477 e. The maximum atomic E-state index is 12.6. The number of pyridine rings is 1. The van der Waals surface area contributed by atoms with E-state index in [-0.39, 0.29) is 18.8 Å². The Morgan fingerprint density at radius 1 is 1.41 bits per heavy atom. The van der Waals surface area contributed by atoms with Crippen LogP contribution in [0.5, 0.6) is 5.88 Å². The van der Waals surface area contributed by atoms with Gasteiger partial charge < -0.3 is 4.74 Å². The molecule has 1 aliphatic rings. The molecule has 0 atom stereocenters. The third-order valence-corrected chi connectivity index (χ3v) is 3.07. The molecule has 1 aromatic rings. The zero-order chi connectivity index (χ0) is 12.5. The molecule has 0 spiro atoms. The summed E-state index contributed by atoms with van der Waals surface area (Å²) in [6.07, 6.45) is 1.66. The van der Waals surface area contributed by atoms with E-state index in [0.717, 1.165) is 5.56 Å². The molecular weight excluding hydrogens is 224 g/mol. The Bertz CT molecular complexity index is 368. The highest BCUT2D eigenvalue weighted by atomic mass is 19.3. The van der Waals surface area contributed by atoms with Crippen LogP contribution in [0.3, 0.4) is 0 Å². The van der Waals surface area contributed by atoms with Crippen LogP contribution < -0.4 is 4.74 Å². The summed E-state index contributed by atoms with van der Waals surface area (Å²) in [5, 5.41) is 0. The van der Waals surface area contributed by atoms with Crippen LogP contribution in [-0.2, 0) is 0 Å². The van der Waals surface area contributed by atoms with E-state index in [0.29, 0.717) is 18.4 Å². The van der Waals surface area contributed by atoms with Crippen molar-refractivity contribution in [3.05, 3.63) is 23.9 Å². The minimum Gasteiger partial charge on any atom is -0.477 e. The van der Waals surface area contributed by atoms with Gasteiger partial charge in [0.15, 0.2) is 0 Å². The zero-order valence-electron chi connectivity index (χ0n) is 10.1. The Hall–Kier alpha value is -1.19. The second-order valence-electron chi connectivity index (χ2n) is 5.03. The van der Waals surface area contributed by atoms with E-state index in [2.05, 4.69) is 18.8 Å². The number of aromatic nitrogens is 1. The predicted octanol–water partition coefficient (Wildman–Crippen LogP) is 3.63. The molecule has 1 aromatic heterocycles. The molecule has 0 unspecified atom stereocenters. The van der Waals surface area contributed by atoms with Crippen LogP contribution in [0.25, 0.3) is 0 Å². The van der Waals surface area contributed by atoms with Gasteiger partial charge in [0.25, 0.3) is 0 Å². The van der Waals surface area contributed by atoms with E-state index in [9.17, 15) is 8.78 Å². The highest BCUT2D eigenvalue weighted by molar-refractivity contribution is 5.20. The van der Waals surface area contributed by atoms with Crippen molar-refractivity contribution in [3.63, 3.8) is 0 Å². The molecule has 0 bridgehead atoms. The quantitative estimate of drug-likeness (QED) is 0.803. The number of halogens is 2. The van der Waals surface area contributed by atoms with Crippen LogP contribution in [0.2, 0.25) is 0 Å². The minimum atomic E-state index is -2.47. The monoisotopic (exact) mass is 241 g/mol. The van der Waals surface area contributed by atoms with Gasteiger partial charge in [-0.3, -0.25) is 0 Å². The first-order valence-corrected chi connectivity index (χ1v) is 5.93. The number of nitrogens with zero attached hydrogens (tertiary/aromatic N) is 1. The summed E-state index contributed by atoms with van der Waals surface area (Å²) in [6.45, 7) is 4.52. The van der Waals surface area contributed by atoms with Crippen LogP contribution in [-0.4, -0.2) is 17.5 Å². The molecule has 4 heteroatoms. The van der Waals surface area contributed by atoms with E-state index < -0.39 is 5.92 Å². The van der Waals surface area contributed by atoms with E-state index in [4.69, 9.17) is 4.74 Å². The topological polar surface area (TPSA) is 22.1 Å². The average Bonchev–Trinajstić information content (AvgIpc) is 2.24. The molecule has 0 N–H and O–H groups in total. The van der Waals surface area contributed by atoms with E-state index >= 15 is 0 Å². The van der Waals surface area contributed by atoms with E-state index in [1.165, 1.54) is 0 Å². The number of alkyl halides is 2. The van der Waals surface area contributed by atoms with Gasteiger partial charge in [-0.1, -0.05) is 19.9 Å². The smallest absolute Gasteiger partial charge is 0.248 e. The molecule has 1 heterocycles. The lowest BCUT2D eigenvalue weighted by atomic mass is 9.82. The van der Waals surface area contributed by atoms with Crippen LogP contribution in [0.1, 0.15) is 38.2 Å². The Morgan fingerprint density at radius 2 is 2.12 bits per heavy atom. The van der Waals surface area contributed by atoms with Crippen LogP contribution in [0.4, 0.5) is 8.78 Å². The molecule has 0 amide bonds. The molecule has 17 heavy (non-hydrogen) atoms. The van der Waals surface area contributed by atoms with Crippen molar-refractivity contribution in [1.29, 1.82) is 0 Å². The molecule has 1 fully saturated rings. The fraction of sp³-hybridized carbons (Fsp3) is 0.615. The van der Waals surface area contributed by atoms with Gasteiger partial charge in [0.05, 0.1) is 6.61 Å². The second kappa shape index (κ2) is 4.59. The van der Waals surface area contributed by atoms with E-state index in [1.54, 1.807) is 12.3 Å². The lowest BCUT2D eigenvalue weighted by Crippen LogP contribution is -2.38. The van der Waals surface area contributed by atoms with Crippen molar-refractivity contribution < 1.29 is 13.5 Å². The minimum absolute atomic E-state index is 0.0309. The van der Waals surface area contributed by atoms with Gasteiger partial charge in [-0.05, 0) is 11.5 Å². The average molecular weight is 241 g/mol. The summed E-state index contributed by atoms with van der Waals surface area (Å²) in [7, 11) is 0. The second-order valence-corrected chi connectivity index (χ2v) is 5.03. The van der Waals surface area contributed by atoms with Crippen LogP contribution in [0.15, 0.2) is 18.3 Å². The normalized spacial score (nSPS) is 19.1. The van der Waals surface area contributed by atoms with Crippen molar-refractivity contribution >= 4 is 0 Å². The molecular formula is C13H17F2NO. The molecule has 1 aliphatic carbocycles. The first-order chi connectivity index (χ1) is 7.96. The van der Waals surface area contributed by atoms with Crippen molar-refractivity contribution in [2.24, 2.45) is 5.92 Å². The van der Waals surface area contributed by atoms with Gasteiger partial charge in [-0.25, -0.2) is 13.8 Å². The van der Waals surface area contributed by atoms with Gasteiger partial charge in [-0.2, -0.15) is 0 Å². The summed E-state index contributed by atoms with van der Waals surface area (Å²) in [5.74, 6) is -1.55. The first kappa shape index (κ1) is 12.3. The standard InChI is InChI=1S/C13H17F2NO/c1-9(2)11-3-4-12(16-7-11)17-8-10-5-13(14,15)6-10/h3-4,7,9-10H,5-6,8H2,1-2H3. The molecule has 0 aromatic carbocycles. The van der Waals surface area contributed by atoms with Gasteiger partial charge in [0, 0.05) is 31.0 Å². The molecule has 0 aliphatic heterocycles. The highest BCUT2D eigenvalue weighted by Crippen LogP contribution is 2.42. The fourth-order valence-electron chi connectivity index (χ4n) is 1.92. The van der Waals surface area contributed by atoms with Crippen LogP contribution in [0, 0.1) is 5.92 Å². The van der Waals surface area contributed by atoms with E-state index in [1.807, 2.05) is 6.07 Å². The Labute approximate surface area is 100 Å². The molecule has 0 saturated heterocycles. The lowest BCUT2D eigenvalue weighted by molar-refractivity contribution is -0.119. The molecule has 2 rings (SSSR count). The van der Waals surface area contributed by atoms with Crippen LogP contribution >= 0.6 is 0 Å². The number of rotatable bonds is 4. The summed E-state index contributed by atoms with van der Waals surface area (Å²) in [5.41, 5.74) is 1.15. The summed E-state index contributed by atoms with van der Waals surface area (Å²) in [4.78, 5) is 4.16. The first-order valence-electron chi connectivity index (χ1n) is 5.93. The maximum absolute atomic E-state index is 12.6. The molecule has 1 saturated carbocycles. The van der Waals surface area contributed by atoms with Gasteiger partial charge >= 0.3 is 0 Å². The lowest BCUT2D eigenvalue weighted by Gasteiger charge is -2.34. The van der Waals surface area contributed by atoms with Crippen molar-refractivity contribution in [3.8, 4) is 5.88 Å². The number of hydrogen-bond donors (Lipinski definition) is 0. The van der Waals surface area contributed by atoms with Crippen molar-refractivity contribution in [1.82, 2.24) is 4.98 Å². The summed E-state index contributed by atoms with van der Waals surface area (Å²) in [6, 6.07) is 3.76. The molecule has 0 radical (unpaired) electrons. The van der Waals surface area contributed by atoms with Gasteiger partial charge in [0.2, 0.25) is 11.8 Å². The Balaban J connectivity index is 1.80. The maximum Gasteiger partial charge on any atom is 0.248 e. The van der Waals surface area contributed by atoms with Crippen molar-refractivity contribution in [2.75, 3.05) is 6.61 Å². The zero-order valence-corrected chi connectivity index (χ0v) is 10.1. The SMILES string of the molecule is CC(C)c1ccc(OCC2CC(F)(F)C2)nc1. The third kappa shape index (κ3) is 3.14. The highest BCUT2D eigenvalue weighted by Gasteiger charge is 2.45. The Kier molecular flexibility index (Phi) is 3.31.